The zero-order valence-corrected chi connectivity index (χ0v) is 8.97. The fraction of sp³-hybridized carbons (Fsp3) is 0.750. The van der Waals surface area contributed by atoms with Gasteiger partial charge in [0.2, 0.25) is 0 Å². The Kier molecular flexibility index (Phi) is 3.29. The molecule has 74 valence electrons. The van der Waals surface area contributed by atoms with Gasteiger partial charge in [0.25, 0.3) is 0 Å². The molecule has 0 spiro atoms. The molecule has 0 aliphatic heterocycles. The van der Waals surface area contributed by atoms with Gasteiger partial charge < -0.3 is 0 Å². The van der Waals surface area contributed by atoms with Crippen LogP contribution in [0.2, 0.25) is 0 Å². The van der Waals surface area contributed by atoms with Crippen LogP contribution in [0.15, 0.2) is 11.6 Å². The molecular formula is C12H20O. The third-order valence-corrected chi connectivity index (χ3v) is 3.07. The van der Waals surface area contributed by atoms with Crippen LogP contribution in [0.5, 0.6) is 0 Å². The normalized spacial score (nSPS) is 24.4. The van der Waals surface area contributed by atoms with E-state index in [9.17, 15) is 4.79 Å². The van der Waals surface area contributed by atoms with Crippen LogP contribution in [0.1, 0.15) is 46.5 Å². The smallest absolute Gasteiger partial charge is 0.145 e. The first-order chi connectivity index (χ1) is 6.03. The van der Waals surface area contributed by atoms with Gasteiger partial charge in [0.1, 0.15) is 6.29 Å². The van der Waals surface area contributed by atoms with E-state index in [0.29, 0.717) is 11.3 Å². The first-order valence-corrected chi connectivity index (χ1v) is 5.17. The monoisotopic (exact) mass is 180 g/mol. The third-order valence-electron chi connectivity index (χ3n) is 3.07. The van der Waals surface area contributed by atoms with Crippen LogP contribution in [0, 0.1) is 11.3 Å². The van der Waals surface area contributed by atoms with Crippen molar-refractivity contribution >= 4 is 6.29 Å². The molecule has 0 aromatic carbocycles. The van der Waals surface area contributed by atoms with Crippen LogP contribution in [0.25, 0.3) is 0 Å². The standard InChI is InChI=1S/C12H20O/c1-10(9-13)8-11-4-6-12(2,3)7-5-11/h8-9,11H,4-7H2,1-3H3/b10-8+. The third kappa shape index (κ3) is 3.33. The molecule has 0 heterocycles. The molecule has 13 heavy (non-hydrogen) atoms. The summed E-state index contributed by atoms with van der Waals surface area (Å²) in [4.78, 5) is 10.4. The lowest BCUT2D eigenvalue weighted by atomic mass is 9.73. The summed E-state index contributed by atoms with van der Waals surface area (Å²) in [6.45, 7) is 6.56. The number of hydrogen-bond acceptors (Lipinski definition) is 1. The second kappa shape index (κ2) is 4.08. The van der Waals surface area contributed by atoms with Crippen molar-refractivity contribution in [3.63, 3.8) is 0 Å². The summed E-state index contributed by atoms with van der Waals surface area (Å²) in [6.07, 6.45) is 8.18. The van der Waals surface area contributed by atoms with E-state index in [1.54, 1.807) is 0 Å². The van der Waals surface area contributed by atoms with Gasteiger partial charge in [0, 0.05) is 0 Å². The van der Waals surface area contributed by atoms with Crippen molar-refractivity contribution in [2.24, 2.45) is 11.3 Å². The average molecular weight is 180 g/mol. The number of carbonyl (C=O) groups is 1. The van der Waals surface area contributed by atoms with Crippen LogP contribution >= 0.6 is 0 Å². The summed E-state index contributed by atoms with van der Waals surface area (Å²) >= 11 is 0. The average Bonchev–Trinajstić information content (AvgIpc) is 2.08. The Morgan fingerprint density at radius 3 is 2.31 bits per heavy atom. The molecule has 1 aliphatic rings. The van der Waals surface area contributed by atoms with Gasteiger partial charge in [-0.15, -0.1) is 0 Å². The van der Waals surface area contributed by atoms with Crippen LogP contribution in [0.3, 0.4) is 0 Å². The van der Waals surface area contributed by atoms with E-state index >= 15 is 0 Å². The molecule has 0 aromatic rings. The molecular weight excluding hydrogens is 160 g/mol. The van der Waals surface area contributed by atoms with Crippen LogP contribution < -0.4 is 0 Å². The van der Waals surface area contributed by atoms with Crippen molar-refractivity contribution in [1.29, 1.82) is 0 Å². The van der Waals surface area contributed by atoms with Gasteiger partial charge in [0.15, 0.2) is 0 Å². The highest BCUT2D eigenvalue weighted by atomic mass is 16.1. The molecule has 0 saturated heterocycles. The second-order valence-corrected chi connectivity index (χ2v) is 5.03. The number of aldehydes is 1. The highest BCUT2D eigenvalue weighted by Gasteiger charge is 2.25. The summed E-state index contributed by atoms with van der Waals surface area (Å²) in [5.41, 5.74) is 1.42. The van der Waals surface area contributed by atoms with E-state index in [-0.39, 0.29) is 0 Å². The molecule has 0 radical (unpaired) electrons. The quantitative estimate of drug-likeness (QED) is 0.470. The van der Waals surface area contributed by atoms with Crippen molar-refractivity contribution < 1.29 is 4.79 Å². The van der Waals surface area contributed by atoms with E-state index in [2.05, 4.69) is 19.9 Å². The Morgan fingerprint density at radius 2 is 1.85 bits per heavy atom. The number of carbonyl (C=O) groups excluding carboxylic acids is 1. The minimum atomic E-state index is 0.527. The van der Waals surface area contributed by atoms with Gasteiger partial charge >= 0.3 is 0 Å². The van der Waals surface area contributed by atoms with Crippen LogP contribution in [0.4, 0.5) is 0 Å². The fourth-order valence-corrected chi connectivity index (χ4v) is 2.00. The van der Waals surface area contributed by atoms with Crippen molar-refractivity contribution in [3.8, 4) is 0 Å². The van der Waals surface area contributed by atoms with Crippen LogP contribution in [-0.4, -0.2) is 6.29 Å². The lowest BCUT2D eigenvalue weighted by molar-refractivity contribution is -0.104. The van der Waals surface area contributed by atoms with Crippen molar-refractivity contribution in [1.82, 2.24) is 0 Å². The molecule has 1 aliphatic carbocycles. The van der Waals surface area contributed by atoms with Gasteiger partial charge in [-0.05, 0) is 49.5 Å². The van der Waals surface area contributed by atoms with Crippen molar-refractivity contribution in [3.05, 3.63) is 11.6 Å². The molecule has 0 amide bonds. The zero-order chi connectivity index (χ0) is 9.90. The first-order valence-electron chi connectivity index (χ1n) is 5.17. The number of rotatable bonds is 2. The molecule has 1 saturated carbocycles. The Balaban J connectivity index is 2.46. The molecule has 1 rings (SSSR count). The van der Waals surface area contributed by atoms with Crippen molar-refractivity contribution in [2.75, 3.05) is 0 Å². The van der Waals surface area contributed by atoms with Gasteiger partial charge in [0.05, 0.1) is 0 Å². The minimum absolute atomic E-state index is 0.527. The Morgan fingerprint density at radius 1 is 1.31 bits per heavy atom. The zero-order valence-electron chi connectivity index (χ0n) is 8.97. The van der Waals surface area contributed by atoms with Gasteiger partial charge in [-0.2, -0.15) is 0 Å². The van der Waals surface area contributed by atoms with E-state index in [4.69, 9.17) is 0 Å². The Bertz CT molecular complexity index is 203. The first kappa shape index (κ1) is 10.5. The van der Waals surface area contributed by atoms with E-state index in [1.165, 1.54) is 25.7 Å². The maximum atomic E-state index is 10.4. The van der Waals surface area contributed by atoms with Crippen molar-refractivity contribution in [2.45, 2.75) is 46.5 Å². The minimum Gasteiger partial charge on any atom is -0.298 e. The van der Waals surface area contributed by atoms with E-state index in [0.717, 1.165) is 11.9 Å². The molecule has 0 N–H and O–H groups in total. The Hall–Kier alpha value is -0.590. The molecule has 0 unspecified atom stereocenters. The SMILES string of the molecule is C/C(C=O)=C\C1CCC(C)(C)CC1. The van der Waals surface area contributed by atoms with E-state index in [1.807, 2.05) is 6.92 Å². The molecule has 0 atom stereocenters. The maximum Gasteiger partial charge on any atom is 0.145 e. The van der Waals surface area contributed by atoms with Gasteiger partial charge in [-0.25, -0.2) is 0 Å². The van der Waals surface area contributed by atoms with E-state index < -0.39 is 0 Å². The molecule has 0 aromatic heterocycles. The summed E-state index contributed by atoms with van der Waals surface area (Å²) in [7, 11) is 0. The maximum absolute atomic E-state index is 10.4. The second-order valence-electron chi connectivity index (χ2n) is 5.03. The predicted octanol–water partition coefficient (Wildman–Crippen LogP) is 3.35. The molecule has 0 bridgehead atoms. The fourth-order valence-electron chi connectivity index (χ4n) is 2.00. The largest absolute Gasteiger partial charge is 0.298 e. The van der Waals surface area contributed by atoms with Crippen LogP contribution in [-0.2, 0) is 4.79 Å². The Labute approximate surface area is 81.2 Å². The lowest BCUT2D eigenvalue weighted by Gasteiger charge is -2.33. The molecule has 1 heteroatoms. The van der Waals surface area contributed by atoms with Gasteiger partial charge in [-0.1, -0.05) is 19.9 Å². The molecule has 1 fully saturated rings. The highest BCUT2D eigenvalue weighted by Crippen LogP contribution is 2.38. The topological polar surface area (TPSA) is 17.1 Å². The lowest BCUT2D eigenvalue weighted by Crippen LogP contribution is -2.20. The number of allylic oxidation sites excluding steroid dienone is 2. The summed E-state index contributed by atoms with van der Waals surface area (Å²) in [5.74, 6) is 0.651. The predicted molar refractivity (Wildman–Crippen MR) is 55.6 cm³/mol. The summed E-state index contributed by atoms with van der Waals surface area (Å²) in [6, 6.07) is 0. The summed E-state index contributed by atoms with van der Waals surface area (Å²) < 4.78 is 0. The van der Waals surface area contributed by atoms with Gasteiger partial charge in [-0.3, -0.25) is 4.79 Å². The summed E-state index contributed by atoms with van der Waals surface area (Å²) in [5, 5.41) is 0. The number of hydrogen-bond donors (Lipinski definition) is 0. The molecule has 1 nitrogen and oxygen atoms in total. The highest BCUT2D eigenvalue weighted by molar-refractivity contribution is 5.72.